The summed E-state index contributed by atoms with van der Waals surface area (Å²) in [6, 6.07) is 0.554. The van der Waals surface area contributed by atoms with Gasteiger partial charge in [-0.1, -0.05) is 24.9 Å². The lowest BCUT2D eigenvalue weighted by Crippen LogP contribution is -2.51. The molecule has 4 aliphatic rings. The van der Waals surface area contributed by atoms with Crippen LogP contribution in [0.5, 0.6) is 0 Å². The third kappa shape index (κ3) is 4.15. The minimum atomic E-state index is -4.22. The fraction of sp³-hybridized carbons (Fsp3) is 0.826. The van der Waals surface area contributed by atoms with Crippen LogP contribution in [-0.2, 0) is 11.3 Å². The number of piperidine rings is 1. The Balaban J connectivity index is 1.34. The number of hydrogen-bond donors (Lipinski definition) is 1. The highest BCUT2D eigenvalue weighted by atomic mass is 32.1. The van der Waals surface area contributed by atoms with Crippen molar-refractivity contribution in [2.45, 2.75) is 108 Å². The largest absolute Gasteiger partial charge is 0.392 e. The van der Waals surface area contributed by atoms with Crippen molar-refractivity contribution in [1.29, 1.82) is 0 Å². The molecular formula is C23H32F3N3O2S. The number of ether oxygens (including phenoxy) is 1. The molecule has 0 aromatic carbocycles. The molecule has 2 bridgehead atoms. The molecule has 4 fully saturated rings. The number of rotatable bonds is 5. The van der Waals surface area contributed by atoms with E-state index in [2.05, 4.69) is 17.0 Å². The molecule has 5 nitrogen and oxygen atoms in total. The average molecular weight is 472 g/mol. The highest BCUT2D eigenvalue weighted by Crippen LogP contribution is 2.50. The summed E-state index contributed by atoms with van der Waals surface area (Å²) in [5, 5.41) is 4.68. The van der Waals surface area contributed by atoms with Gasteiger partial charge in [-0.3, -0.25) is 0 Å². The standard InChI is InChI=1S/C23H32F3N3O2S/c1-12-8-14-9-15(10-19(12)29(14)22(27)32)30-11-17-20(28-31-21(17)13-6-7-13)16-4-2-3-5-18(16)23(24,25)26/h12-16,18-19H,2-11H2,1H3,(H2,27,32). The van der Waals surface area contributed by atoms with Gasteiger partial charge in [-0.05, 0) is 63.1 Å². The molecule has 9 heteroatoms. The Morgan fingerprint density at radius 1 is 1.19 bits per heavy atom. The third-order valence-electron chi connectivity index (χ3n) is 8.14. The number of fused-ring (bicyclic) bond motifs is 2. The summed E-state index contributed by atoms with van der Waals surface area (Å²) in [5.41, 5.74) is 7.24. The number of nitrogens with two attached hydrogens (primary N) is 1. The van der Waals surface area contributed by atoms with Crippen molar-refractivity contribution >= 4 is 17.3 Å². The lowest BCUT2D eigenvalue weighted by molar-refractivity contribution is -0.187. The van der Waals surface area contributed by atoms with Gasteiger partial charge in [0, 0.05) is 29.5 Å². The van der Waals surface area contributed by atoms with Crippen LogP contribution >= 0.6 is 12.2 Å². The van der Waals surface area contributed by atoms with Gasteiger partial charge >= 0.3 is 6.18 Å². The monoisotopic (exact) mass is 471 g/mol. The van der Waals surface area contributed by atoms with Gasteiger partial charge in [0.2, 0.25) is 0 Å². The fourth-order valence-corrected chi connectivity index (χ4v) is 6.72. The fourth-order valence-electron chi connectivity index (χ4n) is 6.44. The number of alkyl halides is 3. The summed E-state index contributed by atoms with van der Waals surface area (Å²) in [5.74, 6) is -0.458. The molecule has 1 aromatic rings. The Bertz CT molecular complexity index is 856. The molecule has 2 aliphatic carbocycles. The number of aromatic nitrogens is 1. The van der Waals surface area contributed by atoms with Crippen LogP contribution in [0.25, 0.3) is 0 Å². The summed E-state index contributed by atoms with van der Waals surface area (Å²) in [4.78, 5) is 2.16. The molecule has 1 aromatic heterocycles. The van der Waals surface area contributed by atoms with Crippen molar-refractivity contribution in [2.24, 2.45) is 17.6 Å². The first-order valence-electron chi connectivity index (χ1n) is 12.0. The van der Waals surface area contributed by atoms with Crippen LogP contribution in [0.3, 0.4) is 0 Å². The SMILES string of the molecule is CC1CC2CC(OCc3c(C4CCCCC4C(F)(F)F)noc3C3CC3)CC1N2C(N)=S. The van der Waals surface area contributed by atoms with Crippen LogP contribution in [-0.4, -0.2) is 39.5 Å². The van der Waals surface area contributed by atoms with Crippen molar-refractivity contribution in [2.75, 3.05) is 0 Å². The zero-order chi connectivity index (χ0) is 22.6. The number of thiocarbonyl (C=S) groups is 1. The minimum absolute atomic E-state index is 0.0418. The van der Waals surface area contributed by atoms with Crippen molar-refractivity contribution < 1.29 is 22.4 Å². The Kier molecular flexibility index (Phi) is 5.93. The van der Waals surface area contributed by atoms with Crippen LogP contribution in [0.2, 0.25) is 0 Å². The van der Waals surface area contributed by atoms with Crippen molar-refractivity contribution in [3.05, 3.63) is 17.0 Å². The average Bonchev–Trinajstić information content (AvgIpc) is 3.45. The summed E-state index contributed by atoms with van der Waals surface area (Å²) >= 11 is 5.26. The molecule has 6 atom stereocenters. The Hall–Kier alpha value is -1.35. The van der Waals surface area contributed by atoms with E-state index in [1.54, 1.807) is 0 Å². The van der Waals surface area contributed by atoms with Gasteiger partial charge in [0.1, 0.15) is 5.76 Å². The van der Waals surface area contributed by atoms with Crippen LogP contribution in [0, 0.1) is 11.8 Å². The predicted octanol–water partition coefficient (Wildman–Crippen LogP) is 5.39. The highest BCUT2D eigenvalue weighted by Gasteiger charge is 2.49. The maximum atomic E-state index is 13.8. The zero-order valence-electron chi connectivity index (χ0n) is 18.4. The summed E-state index contributed by atoms with van der Waals surface area (Å²) in [6.07, 6.45) is 2.62. The van der Waals surface area contributed by atoms with Crippen molar-refractivity contribution in [3.63, 3.8) is 0 Å². The first-order valence-corrected chi connectivity index (χ1v) is 12.4. The van der Waals surface area contributed by atoms with Gasteiger partial charge in [-0.15, -0.1) is 0 Å². The molecular weight excluding hydrogens is 439 g/mol. The Morgan fingerprint density at radius 2 is 1.94 bits per heavy atom. The van der Waals surface area contributed by atoms with Gasteiger partial charge < -0.3 is 19.9 Å². The molecule has 0 spiro atoms. The molecule has 2 saturated carbocycles. The van der Waals surface area contributed by atoms with E-state index in [1.165, 1.54) is 0 Å². The Morgan fingerprint density at radius 3 is 2.59 bits per heavy atom. The normalized spacial score (nSPS) is 35.3. The van der Waals surface area contributed by atoms with Gasteiger partial charge in [-0.2, -0.15) is 13.2 Å². The lowest BCUT2D eigenvalue weighted by Gasteiger charge is -2.40. The molecule has 178 valence electrons. The number of halogens is 3. The molecule has 2 saturated heterocycles. The molecule has 3 heterocycles. The van der Waals surface area contributed by atoms with E-state index in [1.807, 2.05) is 0 Å². The smallest absolute Gasteiger partial charge is 0.376 e. The predicted molar refractivity (Wildman–Crippen MR) is 117 cm³/mol. The molecule has 2 N–H and O–H groups in total. The van der Waals surface area contributed by atoms with E-state index in [0.29, 0.717) is 29.6 Å². The third-order valence-corrected chi connectivity index (χ3v) is 8.35. The number of hydrogen-bond acceptors (Lipinski definition) is 4. The quantitative estimate of drug-likeness (QED) is 0.581. The summed E-state index contributed by atoms with van der Waals surface area (Å²) in [7, 11) is 0. The first-order chi connectivity index (χ1) is 15.2. The van der Waals surface area contributed by atoms with Crippen molar-refractivity contribution in [3.8, 4) is 0 Å². The molecule has 2 aliphatic heterocycles. The van der Waals surface area contributed by atoms with E-state index in [-0.39, 0.29) is 37.1 Å². The topological polar surface area (TPSA) is 64.5 Å². The van der Waals surface area contributed by atoms with E-state index in [4.69, 9.17) is 27.2 Å². The molecule has 0 radical (unpaired) electrons. The molecule has 0 amide bonds. The van der Waals surface area contributed by atoms with Gasteiger partial charge in [0.15, 0.2) is 5.11 Å². The molecule has 5 rings (SSSR count). The van der Waals surface area contributed by atoms with Gasteiger partial charge in [0.05, 0.1) is 24.3 Å². The lowest BCUT2D eigenvalue weighted by atomic mass is 9.76. The molecule has 32 heavy (non-hydrogen) atoms. The first kappa shape index (κ1) is 22.4. The second kappa shape index (κ2) is 8.46. The minimum Gasteiger partial charge on any atom is -0.376 e. The summed E-state index contributed by atoms with van der Waals surface area (Å²) < 4.78 is 53.4. The molecule has 6 unspecified atom stereocenters. The summed E-state index contributed by atoms with van der Waals surface area (Å²) in [6.45, 7) is 2.50. The van der Waals surface area contributed by atoms with Crippen LogP contribution in [0.1, 0.15) is 93.6 Å². The van der Waals surface area contributed by atoms with E-state index < -0.39 is 18.0 Å². The second-order valence-electron chi connectivity index (χ2n) is 10.3. The van der Waals surface area contributed by atoms with Crippen LogP contribution in [0.4, 0.5) is 13.2 Å². The Labute approximate surface area is 192 Å². The maximum Gasteiger partial charge on any atom is 0.392 e. The zero-order valence-corrected chi connectivity index (χ0v) is 19.3. The maximum absolute atomic E-state index is 13.8. The van der Waals surface area contributed by atoms with Gasteiger partial charge in [-0.25, -0.2) is 0 Å². The van der Waals surface area contributed by atoms with Crippen LogP contribution in [0.15, 0.2) is 4.52 Å². The number of nitrogens with zero attached hydrogens (tertiary/aromatic N) is 2. The van der Waals surface area contributed by atoms with Crippen molar-refractivity contribution in [1.82, 2.24) is 10.1 Å². The van der Waals surface area contributed by atoms with E-state index in [9.17, 15) is 13.2 Å². The van der Waals surface area contributed by atoms with Gasteiger partial charge in [0.25, 0.3) is 0 Å². The second-order valence-corrected chi connectivity index (χ2v) is 10.7. The van der Waals surface area contributed by atoms with E-state index in [0.717, 1.165) is 49.8 Å². The van der Waals surface area contributed by atoms with Crippen LogP contribution < -0.4 is 5.73 Å². The highest BCUT2D eigenvalue weighted by molar-refractivity contribution is 7.80. The van der Waals surface area contributed by atoms with E-state index >= 15 is 0 Å².